The third-order valence-corrected chi connectivity index (χ3v) is 7.35. The second kappa shape index (κ2) is 11.3. The molecule has 0 bridgehead atoms. The van der Waals surface area contributed by atoms with Gasteiger partial charge in [0.1, 0.15) is 6.61 Å². The fraction of sp³-hybridized carbons (Fsp3) is 0.538. The SMILES string of the molecule is CC(C)CC(=O)N(CC(=O)N1CCc2sccc2[C@@H]1COc1ccccc1F)C[C@@H]1CCCO1. The van der Waals surface area contributed by atoms with E-state index in [1.807, 2.05) is 25.3 Å². The quantitative estimate of drug-likeness (QED) is 0.524. The Kier molecular flexibility index (Phi) is 8.21. The average Bonchev–Trinajstić information content (AvgIpc) is 3.49. The Bertz CT molecular complexity index is 989. The van der Waals surface area contributed by atoms with Crippen molar-refractivity contribution in [2.24, 2.45) is 5.92 Å². The highest BCUT2D eigenvalue weighted by atomic mass is 32.1. The molecule has 2 aliphatic rings. The number of fused-ring (bicyclic) bond motifs is 1. The van der Waals surface area contributed by atoms with Gasteiger partial charge in [-0.1, -0.05) is 26.0 Å². The van der Waals surface area contributed by atoms with Crippen LogP contribution >= 0.6 is 11.3 Å². The summed E-state index contributed by atoms with van der Waals surface area (Å²) in [5, 5.41) is 2.02. The van der Waals surface area contributed by atoms with E-state index in [4.69, 9.17) is 9.47 Å². The minimum absolute atomic E-state index is 0.0150. The van der Waals surface area contributed by atoms with Crippen LogP contribution in [0.1, 0.15) is 49.6 Å². The van der Waals surface area contributed by atoms with Crippen LogP contribution in [0.2, 0.25) is 0 Å². The molecule has 8 heteroatoms. The molecule has 1 aromatic carbocycles. The van der Waals surface area contributed by atoms with Crippen LogP contribution in [0.4, 0.5) is 4.39 Å². The Hall–Kier alpha value is -2.45. The number of rotatable bonds is 9. The molecule has 184 valence electrons. The number of ether oxygens (including phenoxy) is 2. The van der Waals surface area contributed by atoms with Crippen LogP contribution in [0.3, 0.4) is 0 Å². The van der Waals surface area contributed by atoms with Crippen LogP contribution in [-0.2, 0) is 20.7 Å². The maximum Gasteiger partial charge on any atom is 0.242 e. The molecule has 2 aliphatic heterocycles. The highest BCUT2D eigenvalue weighted by Gasteiger charge is 2.34. The largest absolute Gasteiger partial charge is 0.488 e. The van der Waals surface area contributed by atoms with E-state index in [-0.39, 0.29) is 48.8 Å². The minimum Gasteiger partial charge on any atom is -0.488 e. The van der Waals surface area contributed by atoms with Crippen molar-refractivity contribution in [1.82, 2.24) is 9.80 Å². The molecule has 2 amide bonds. The fourth-order valence-corrected chi connectivity index (χ4v) is 5.55. The van der Waals surface area contributed by atoms with Crippen LogP contribution in [0.15, 0.2) is 35.7 Å². The van der Waals surface area contributed by atoms with E-state index >= 15 is 0 Å². The lowest BCUT2D eigenvalue weighted by atomic mass is 10.00. The summed E-state index contributed by atoms with van der Waals surface area (Å²) in [6, 6.07) is 7.98. The summed E-state index contributed by atoms with van der Waals surface area (Å²) in [5.41, 5.74) is 1.04. The molecule has 1 aromatic heterocycles. The summed E-state index contributed by atoms with van der Waals surface area (Å²) >= 11 is 1.67. The van der Waals surface area contributed by atoms with E-state index in [2.05, 4.69) is 0 Å². The number of nitrogens with zero attached hydrogens (tertiary/aromatic N) is 2. The molecule has 3 heterocycles. The number of carbonyl (C=O) groups excluding carboxylic acids is 2. The topological polar surface area (TPSA) is 59.1 Å². The van der Waals surface area contributed by atoms with Crippen molar-refractivity contribution in [3.8, 4) is 5.75 Å². The third kappa shape index (κ3) is 5.96. The number of halogens is 1. The number of amides is 2. The van der Waals surface area contributed by atoms with Crippen molar-refractivity contribution < 1.29 is 23.5 Å². The molecule has 6 nitrogen and oxygen atoms in total. The van der Waals surface area contributed by atoms with Gasteiger partial charge in [0.25, 0.3) is 0 Å². The van der Waals surface area contributed by atoms with E-state index in [1.165, 1.54) is 10.9 Å². The van der Waals surface area contributed by atoms with Crippen LogP contribution < -0.4 is 4.74 Å². The molecule has 4 rings (SSSR count). The van der Waals surface area contributed by atoms with E-state index in [0.717, 1.165) is 24.8 Å². The molecule has 0 N–H and O–H groups in total. The van der Waals surface area contributed by atoms with Gasteiger partial charge in [0.2, 0.25) is 11.8 Å². The first-order chi connectivity index (χ1) is 16.4. The van der Waals surface area contributed by atoms with E-state index in [0.29, 0.717) is 26.1 Å². The average molecular weight is 489 g/mol. The molecule has 34 heavy (non-hydrogen) atoms. The second-order valence-electron chi connectivity index (χ2n) is 9.40. The van der Waals surface area contributed by atoms with E-state index in [9.17, 15) is 14.0 Å². The third-order valence-electron chi connectivity index (χ3n) is 6.36. The summed E-state index contributed by atoms with van der Waals surface area (Å²) in [5.74, 6) is -0.187. The molecular weight excluding hydrogens is 455 g/mol. The van der Waals surface area contributed by atoms with Crippen LogP contribution in [0, 0.1) is 11.7 Å². The van der Waals surface area contributed by atoms with E-state index < -0.39 is 5.82 Å². The molecule has 1 saturated heterocycles. The van der Waals surface area contributed by atoms with Gasteiger partial charge in [0, 0.05) is 31.0 Å². The maximum atomic E-state index is 14.1. The van der Waals surface area contributed by atoms with Crippen molar-refractivity contribution in [3.05, 3.63) is 52.0 Å². The summed E-state index contributed by atoms with van der Waals surface area (Å²) in [4.78, 5) is 31.2. The number of hydrogen-bond donors (Lipinski definition) is 0. The molecule has 0 radical (unpaired) electrons. The molecule has 1 fully saturated rings. The van der Waals surface area contributed by atoms with Crippen molar-refractivity contribution >= 4 is 23.2 Å². The first-order valence-electron chi connectivity index (χ1n) is 12.0. The van der Waals surface area contributed by atoms with Gasteiger partial charge < -0.3 is 19.3 Å². The van der Waals surface area contributed by atoms with Gasteiger partial charge in [-0.2, -0.15) is 0 Å². The zero-order chi connectivity index (χ0) is 24.1. The van der Waals surface area contributed by atoms with Gasteiger partial charge in [-0.3, -0.25) is 9.59 Å². The standard InChI is InChI=1S/C26H33FN2O4S/c1-18(2)14-25(30)28(15-19-6-5-12-32-19)16-26(31)29-11-9-24-20(10-13-34-24)22(29)17-33-23-8-4-3-7-21(23)27/h3-4,7-8,10,13,18-19,22H,5-6,9,11-12,14-17H2,1-2H3/t19-,22-/m0/s1. The summed E-state index contributed by atoms with van der Waals surface area (Å²) in [6.07, 6.45) is 3.03. The number of carbonyl (C=O) groups is 2. The van der Waals surface area contributed by atoms with Crippen molar-refractivity contribution in [1.29, 1.82) is 0 Å². The van der Waals surface area contributed by atoms with Gasteiger partial charge in [-0.05, 0) is 54.3 Å². The van der Waals surface area contributed by atoms with Gasteiger partial charge >= 0.3 is 0 Å². The summed E-state index contributed by atoms with van der Waals surface area (Å²) < 4.78 is 25.7. The van der Waals surface area contributed by atoms with Gasteiger partial charge in [0.05, 0.1) is 18.7 Å². The summed E-state index contributed by atoms with van der Waals surface area (Å²) in [6.45, 7) is 5.86. The van der Waals surface area contributed by atoms with Crippen LogP contribution in [0.5, 0.6) is 5.75 Å². The highest BCUT2D eigenvalue weighted by Crippen LogP contribution is 2.34. The lowest BCUT2D eigenvalue weighted by Crippen LogP contribution is -2.49. The number of benzene rings is 1. The number of para-hydroxylation sites is 1. The maximum absolute atomic E-state index is 14.1. The first-order valence-corrected chi connectivity index (χ1v) is 12.9. The van der Waals surface area contributed by atoms with Gasteiger partial charge in [-0.15, -0.1) is 11.3 Å². The predicted octanol–water partition coefficient (Wildman–Crippen LogP) is 4.45. The first kappa shape index (κ1) is 24.7. The monoisotopic (exact) mass is 488 g/mol. The minimum atomic E-state index is -0.427. The zero-order valence-corrected chi connectivity index (χ0v) is 20.7. The lowest BCUT2D eigenvalue weighted by Gasteiger charge is -2.37. The Morgan fingerprint density at radius 2 is 2.12 bits per heavy atom. The Morgan fingerprint density at radius 3 is 2.85 bits per heavy atom. The molecule has 0 aliphatic carbocycles. The smallest absolute Gasteiger partial charge is 0.242 e. The highest BCUT2D eigenvalue weighted by molar-refractivity contribution is 7.10. The van der Waals surface area contributed by atoms with Crippen LogP contribution in [0.25, 0.3) is 0 Å². The van der Waals surface area contributed by atoms with Crippen molar-refractivity contribution in [3.63, 3.8) is 0 Å². The van der Waals surface area contributed by atoms with Crippen molar-refractivity contribution in [2.45, 2.75) is 51.7 Å². The predicted molar refractivity (Wildman–Crippen MR) is 129 cm³/mol. The molecule has 2 atom stereocenters. The normalized spacial score (nSPS) is 19.8. The number of thiophene rings is 1. The zero-order valence-electron chi connectivity index (χ0n) is 19.9. The molecule has 0 unspecified atom stereocenters. The lowest BCUT2D eigenvalue weighted by molar-refractivity contribution is -0.144. The fourth-order valence-electron chi connectivity index (χ4n) is 4.63. The Morgan fingerprint density at radius 1 is 1.29 bits per heavy atom. The number of hydrogen-bond acceptors (Lipinski definition) is 5. The van der Waals surface area contributed by atoms with E-state index in [1.54, 1.807) is 39.3 Å². The second-order valence-corrected chi connectivity index (χ2v) is 10.4. The molecule has 0 spiro atoms. The molecular formula is C26H33FN2O4S. The molecule has 2 aromatic rings. The van der Waals surface area contributed by atoms with Crippen molar-refractivity contribution in [2.75, 3.05) is 32.8 Å². The molecule has 0 saturated carbocycles. The summed E-state index contributed by atoms with van der Waals surface area (Å²) in [7, 11) is 0. The Balaban J connectivity index is 1.50. The Labute approximate surface area is 204 Å². The van der Waals surface area contributed by atoms with Crippen LogP contribution in [-0.4, -0.2) is 60.6 Å². The van der Waals surface area contributed by atoms with Gasteiger partial charge in [0.15, 0.2) is 11.6 Å². The van der Waals surface area contributed by atoms with Gasteiger partial charge in [-0.25, -0.2) is 4.39 Å².